The standard InChI is InChI=1S/C13H28NO2S.C13H27.Sn/c1-4-6-8-10-12-14(17(3,15)16)13-11-9-7-5-2;1-3-5-7-9-11-13-12-10-8-6-4-2;/h3-13H2,1-2H3;1,3-13H2,2H3;. The first-order valence-corrected chi connectivity index (χ1v) is 19.4. The van der Waals surface area contributed by atoms with Crippen LogP contribution < -0.4 is 0 Å². The molecule has 0 amide bonds. The molecule has 0 aliphatic heterocycles. The van der Waals surface area contributed by atoms with Crippen LogP contribution in [-0.2, 0) is 10.0 Å². The van der Waals surface area contributed by atoms with E-state index in [0.29, 0.717) is 3.77 Å². The Bertz CT molecular complexity index is 444. The minimum absolute atomic E-state index is 0.523. The fourth-order valence-electron chi connectivity index (χ4n) is 4.03. The Morgan fingerprint density at radius 3 is 1.29 bits per heavy atom. The number of nitrogens with zero attached hydrogens (tertiary/aromatic N) is 1. The molecule has 5 heteroatoms. The van der Waals surface area contributed by atoms with Crippen LogP contribution in [0.3, 0.4) is 0 Å². The van der Waals surface area contributed by atoms with Gasteiger partial charge in [-0.05, 0) is 0 Å². The molecule has 0 aliphatic rings. The van der Waals surface area contributed by atoms with E-state index in [4.69, 9.17) is 0 Å². The zero-order chi connectivity index (χ0) is 23.0. The zero-order valence-electron chi connectivity index (χ0n) is 21.4. The third-order valence-electron chi connectivity index (χ3n) is 6.16. The summed E-state index contributed by atoms with van der Waals surface area (Å²) >= 11 is -0.783. The van der Waals surface area contributed by atoms with Crippen molar-refractivity contribution >= 4 is 31.2 Å². The van der Waals surface area contributed by atoms with Gasteiger partial charge in [0.1, 0.15) is 0 Å². The van der Waals surface area contributed by atoms with E-state index in [1.807, 2.05) is 4.31 Å². The normalized spacial score (nSPS) is 12.1. The summed E-state index contributed by atoms with van der Waals surface area (Å²) in [7, 11) is -3.00. The maximum atomic E-state index is 12.9. The molecule has 3 nitrogen and oxygen atoms in total. The van der Waals surface area contributed by atoms with Crippen LogP contribution in [0.15, 0.2) is 0 Å². The molecule has 0 saturated carbocycles. The van der Waals surface area contributed by atoms with Crippen molar-refractivity contribution in [2.24, 2.45) is 0 Å². The second-order valence-electron chi connectivity index (χ2n) is 9.31. The van der Waals surface area contributed by atoms with Gasteiger partial charge >= 0.3 is 201 Å². The van der Waals surface area contributed by atoms with Gasteiger partial charge in [0.25, 0.3) is 0 Å². The molecule has 2 radical (unpaired) electrons. The quantitative estimate of drug-likeness (QED) is 0.0829. The molecule has 0 unspecified atom stereocenters. The van der Waals surface area contributed by atoms with Crippen LogP contribution in [0.4, 0.5) is 0 Å². The maximum absolute atomic E-state index is 12.9. The van der Waals surface area contributed by atoms with Crippen molar-refractivity contribution in [1.29, 1.82) is 0 Å². The van der Waals surface area contributed by atoms with Gasteiger partial charge in [-0.15, -0.1) is 0 Å². The number of unbranched alkanes of at least 4 members (excludes halogenated alkanes) is 16. The van der Waals surface area contributed by atoms with Gasteiger partial charge in [0, 0.05) is 0 Å². The van der Waals surface area contributed by atoms with E-state index >= 15 is 0 Å². The Kier molecular flexibility index (Phi) is 24.4. The summed E-state index contributed by atoms with van der Waals surface area (Å²) in [6.45, 7) is 8.21. The fraction of sp³-hybridized carbons (Fsp3) is 1.00. The Labute approximate surface area is 207 Å². The van der Waals surface area contributed by atoms with Crippen molar-refractivity contribution in [3.63, 3.8) is 0 Å². The third kappa shape index (κ3) is 21.0. The van der Waals surface area contributed by atoms with Crippen LogP contribution in [0, 0.1) is 0 Å². The number of hydrogen-bond donors (Lipinski definition) is 0. The second kappa shape index (κ2) is 23.9. The predicted octanol–water partition coefficient (Wildman–Crippen LogP) is 8.17. The molecular weight excluding hydrogens is 509 g/mol. The van der Waals surface area contributed by atoms with E-state index in [0.717, 1.165) is 38.8 Å². The van der Waals surface area contributed by atoms with Crippen molar-refractivity contribution < 1.29 is 8.42 Å². The fourth-order valence-corrected chi connectivity index (χ4v) is 11.9. The van der Waals surface area contributed by atoms with E-state index < -0.39 is 31.2 Å². The molecule has 0 spiro atoms. The Hall–Kier alpha value is 0.709. The van der Waals surface area contributed by atoms with Gasteiger partial charge in [0.15, 0.2) is 0 Å². The average molecular weight is 565 g/mol. The molecule has 0 aromatic heterocycles. The second-order valence-corrected chi connectivity index (χ2v) is 16.6. The van der Waals surface area contributed by atoms with E-state index in [9.17, 15) is 8.42 Å². The van der Waals surface area contributed by atoms with Crippen LogP contribution in [0.2, 0.25) is 4.44 Å². The molecular formula is C26H55NO2SSn. The SMILES string of the molecule is CCCCCCCCCCCC[CH2][Sn][CH2]S(=O)(=O)N(CCCCCC)CCCCCC. The monoisotopic (exact) mass is 565 g/mol. The molecule has 0 aliphatic carbocycles. The predicted molar refractivity (Wildman–Crippen MR) is 141 cm³/mol. The number of hydrogen-bond acceptors (Lipinski definition) is 2. The van der Waals surface area contributed by atoms with Crippen molar-refractivity contribution in [2.45, 2.75) is 147 Å². The Morgan fingerprint density at radius 2 is 0.871 bits per heavy atom. The van der Waals surface area contributed by atoms with Crippen LogP contribution in [-0.4, -0.2) is 50.7 Å². The van der Waals surface area contributed by atoms with Gasteiger partial charge in [0.2, 0.25) is 0 Å². The van der Waals surface area contributed by atoms with Gasteiger partial charge < -0.3 is 0 Å². The molecule has 0 N–H and O–H groups in total. The van der Waals surface area contributed by atoms with Gasteiger partial charge in [-0.2, -0.15) is 0 Å². The summed E-state index contributed by atoms with van der Waals surface area (Å²) in [6.07, 6.45) is 24.3. The zero-order valence-corrected chi connectivity index (χ0v) is 25.1. The molecule has 0 heterocycles. The molecule has 0 saturated heterocycles. The summed E-state index contributed by atoms with van der Waals surface area (Å²) in [4.78, 5) is 0. The molecule has 0 aromatic rings. The van der Waals surface area contributed by atoms with E-state index in [2.05, 4.69) is 20.8 Å². The summed E-state index contributed by atoms with van der Waals surface area (Å²) in [5.74, 6) is 0. The first-order chi connectivity index (χ1) is 15.1. The molecule has 31 heavy (non-hydrogen) atoms. The summed E-state index contributed by atoms with van der Waals surface area (Å²) < 4.78 is 29.5. The Morgan fingerprint density at radius 1 is 0.516 bits per heavy atom. The molecule has 186 valence electrons. The van der Waals surface area contributed by atoms with Gasteiger partial charge in [-0.1, -0.05) is 6.92 Å². The van der Waals surface area contributed by atoms with Gasteiger partial charge in [0.05, 0.1) is 0 Å². The van der Waals surface area contributed by atoms with Crippen molar-refractivity contribution in [1.82, 2.24) is 4.31 Å². The van der Waals surface area contributed by atoms with E-state index in [1.54, 1.807) is 0 Å². The third-order valence-corrected chi connectivity index (χ3v) is 14.8. The minimum atomic E-state index is -3.00. The topological polar surface area (TPSA) is 37.4 Å². The molecule has 0 bridgehead atoms. The summed E-state index contributed by atoms with van der Waals surface area (Å²) in [5.41, 5.74) is 0. The molecule has 0 rings (SSSR count). The molecule has 0 fully saturated rings. The van der Waals surface area contributed by atoms with E-state index in [1.165, 1.54) is 101 Å². The Balaban J connectivity index is 3.91. The number of rotatable bonds is 25. The summed E-state index contributed by atoms with van der Waals surface area (Å²) in [6, 6.07) is 0. The van der Waals surface area contributed by atoms with Crippen molar-refractivity contribution in [2.75, 3.05) is 16.9 Å². The van der Waals surface area contributed by atoms with Crippen LogP contribution in [0.5, 0.6) is 0 Å². The van der Waals surface area contributed by atoms with E-state index in [-0.39, 0.29) is 0 Å². The van der Waals surface area contributed by atoms with Gasteiger partial charge in [-0.3, -0.25) is 0 Å². The van der Waals surface area contributed by atoms with Crippen molar-refractivity contribution in [3.8, 4) is 0 Å². The van der Waals surface area contributed by atoms with Crippen molar-refractivity contribution in [3.05, 3.63) is 0 Å². The van der Waals surface area contributed by atoms with Crippen LogP contribution >= 0.6 is 0 Å². The average Bonchev–Trinajstić information content (AvgIpc) is 2.75. The van der Waals surface area contributed by atoms with Crippen LogP contribution in [0.1, 0.15) is 143 Å². The summed E-state index contributed by atoms with van der Waals surface area (Å²) in [5, 5.41) is 0. The van der Waals surface area contributed by atoms with Crippen LogP contribution in [0.25, 0.3) is 0 Å². The molecule has 0 atom stereocenters. The first-order valence-electron chi connectivity index (χ1n) is 13.8. The van der Waals surface area contributed by atoms with Gasteiger partial charge in [-0.25, -0.2) is 0 Å². The molecule has 0 aromatic carbocycles. The number of sulfonamides is 1. The first kappa shape index (κ1) is 31.7.